The number of amidine groups is 1. The molecule has 0 saturated carbocycles. The van der Waals surface area contributed by atoms with Gasteiger partial charge < -0.3 is 10.2 Å². The normalized spacial score (nSPS) is 32.3. The van der Waals surface area contributed by atoms with Crippen LogP contribution >= 0.6 is 11.3 Å². The topological polar surface area (TPSA) is 62.6 Å². The Kier molecular flexibility index (Phi) is 2.90. The first kappa shape index (κ1) is 13.7. The van der Waals surface area contributed by atoms with E-state index in [2.05, 4.69) is 37.6 Å². The fraction of sp³-hybridized carbons (Fsp3) is 0.562. The third-order valence-electron chi connectivity index (χ3n) is 5.41. The van der Waals surface area contributed by atoms with E-state index in [0.717, 1.165) is 29.0 Å². The molecule has 23 heavy (non-hydrogen) atoms. The Hall–Kier alpha value is -1.73. The Labute approximate surface area is 138 Å². The van der Waals surface area contributed by atoms with Crippen molar-refractivity contribution in [2.75, 3.05) is 25.0 Å². The molecule has 2 bridgehead atoms. The van der Waals surface area contributed by atoms with E-state index in [1.54, 1.807) is 11.3 Å². The number of piperidine rings is 3. The number of aromatic nitrogens is 2. The van der Waals surface area contributed by atoms with E-state index >= 15 is 0 Å². The lowest BCUT2D eigenvalue weighted by atomic mass is 9.73. The zero-order valence-electron chi connectivity index (χ0n) is 13.1. The van der Waals surface area contributed by atoms with Gasteiger partial charge in [-0.2, -0.15) is 0 Å². The maximum Gasteiger partial charge on any atom is 0.229 e. The number of hydrogen-bond acceptors (Lipinski definition) is 7. The molecule has 6 heterocycles. The highest BCUT2D eigenvalue weighted by molar-refractivity contribution is 7.16. The van der Waals surface area contributed by atoms with Gasteiger partial charge in [0, 0.05) is 24.0 Å². The Bertz CT molecular complexity index is 795. The van der Waals surface area contributed by atoms with E-state index in [9.17, 15) is 0 Å². The molecule has 6 nitrogen and oxygen atoms in total. The number of hydrogen-bond donors (Lipinski definition) is 1. The first-order valence-corrected chi connectivity index (χ1v) is 9.05. The van der Waals surface area contributed by atoms with Crippen LogP contribution in [0.2, 0.25) is 0 Å². The fourth-order valence-electron chi connectivity index (χ4n) is 4.11. The quantitative estimate of drug-likeness (QED) is 0.871. The molecule has 1 atom stereocenters. The molecule has 4 aliphatic heterocycles. The average molecular weight is 329 g/mol. The van der Waals surface area contributed by atoms with Gasteiger partial charge in [-0.15, -0.1) is 11.3 Å². The van der Waals surface area contributed by atoms with Gasteiger partial charge in [-0.25, -0.2) is 9.97 Å². The summed E-state index contributed by atoms with van der Waals surface area (Å²) in [6.45, 7) is 5.49. The van der Waals surface area contributed by atoms with Crippen LogP contribution < -0.4 is 5.32 Å². The molecule has 2 aromatic heterocycles. The molecule has 120 valence electrons. The van der Waals surface area contributed by atoms with Crippen LogP contribution in [-0.4, -0.2) is 45.9 Å². The number of oxime groups is 1. The molecule has 7 heteroatoms. The molecular formula is C16H19N5OS. The summed E-state index contributed by atoms with van der Waals surface area (Å²) in [5.41, 5.74) is 1.10. The molecule has 0 amide bonds. The van der Waals surface area contributed by atoms with Crippen molar-refractivity contribution in [2.24, 2.45) is 11.1 Å². The average Bonchev–Trinajstić information content (AvgIpc) is 3.13. The number of fused-ring (bicyclic) bond motifs is 3. The first-order valence-electron chi connectivity index (χ1n) is 8.17. The molecule has 3 fully saturated rings. The van der Waals surface area contributed by atoms with Gasteiger partial charge in [0.2, 0.25) is 5.95 Å². The molecule has 2 aromatic rings. The second kappa shape index (κ2) is 4.88. The number of nitrogens with zero attached hydrogens (tertiary/aromatic N) is 4. The van der Waals surface area contributed by atoms with Gasteiger partial charge in [0.05, 0.1) is 6.42 Å². The molecule has 0 radical (unpaired) electrons. The van der Waals surface area contributed by atoms with Crippen molar-refractivity contribution < 1.29 is 4.84 Å². The zero-order chi connectivity index (χ0) is 15.4. The Balaban J connectivity index is 1.35. The lowest BCUT2D eigenvalue weighted by molar-refractivity contribution is -0.136. The summed E-state index contributed by atoms with van der Waals surface area (Å²) in [4.78, 5) is 18.4. The second-order valence-corrected chi connectivity index (χ2v) is 7.74. The second-order valence-electron chi connectivity index (χ2n) is 6.88. The standard InChI is InChI=1S/C16H19N5OS/c1-10-8-23-14-12(10)7-17-15(19-14)18-13-6-16(22-20-13)9-21-4-2-11(16)3-5-21/h7-8,11H,2-6,9H2,1H3,(H,17,18,19,20). The predicted octanol–water partition coefficient (Wildman–Crippen LogP) is 2.61. The third-order valence-corrected chi connectivity index (χ3v) is 6.42. The molecule has 1 unspecified atom stereocenters. The van der Waals surface area contributed by atoms with Crippen LogP contribution in [0.15, 0.2) is 16.7 Å². The van der Waals surface area contributed by atoms with Crippen LogP contribution in [0.1, 0.15) is 24.8 Å². The van der Waals surface area contributed by atoms with Crippen molar-refractivity contribution in [1.82, 2.24) is 14.9 Å². The monoisotopic (exact) mass is 329 g/mol. The van der Waals surface area contributed by atoms with E-state index < -0.39 is 0 Å². The summed E-state index contributed by atoms with van der Waals surface area (Å²) >= 11 is 1.65. The van der Waals surface area contributed by atoms with E-state index in [4.69, 9.17) is 4.84 Å². The lowest BCUT2D eigenvalue weighted by Gasteiger charge is -2.49. The maximum atomic E-state index is 5.92. The van der Waals surface area contributed by atoms with Crippen LogP contribution in [0.3, 0.4) is 0 Å². The van der Waals surface area contributed by atoms with Gasteiger partial charge in [0.25, 0.3) is 0 Å². The maximum absolute atomic E-state index is 5.92. The zero-order valence-corrected chi connectivity index (χ0v) is 13.9. The minimum absolute atomic E-state index is 0.123. The van der Waals surface area contributed by atoms with Gasteiger partial charge in [0.1, 0.15) is 4.83 Å². The first-order chi connectivity index (χ1) is 11.2. The van der Waals surface area contributed by atoms with Crippen molar-refractivity contribution >= 4 is 33.3 Å². The van der Waals surface area contributed by atoms with Crippen molar-refractivity contribution in [3.63, 3.8) is 0 Å². The summed E-state index contributed by atoms with van der Waals surface area (Å²) in [5.74, 6) is 2.09. The van der Waals surface area contributed by atoms with Crippen LogP contribution in [0.4, 0.5) is 5.95 Å². The number of rotatable bonds is 1. The third kappa shape index (κ3) is 2.14. The largest absolute Gasteiger partial charge is 0.386 e. The number of thiophene rings is 1. The Morgan fingerprint density at radius 1 is 1.39 bits per heavy atom. The number of aryl methyl sites for hydroxylation is 1. The van der Waals surface area contributed by atoms with Crippen LogP contribution in [-0.2, 0) is 4.84 Å². The molecule has 4 aliphatic rings. The molecule has 6 rings (SSSR count). The molecule has 3 saturated heterocycles. The minimum Gasteiger partial charge on any atom is -0.386 e. The summed E-state index contributed by atoms with van der Waals surface area (Å²) in [5, 5.41) is 10.8. The smallest absolute Gasteiger partial charge is 0.229 e. The van der Waals surface area contributed by atoms with Gasteiger partial charge >= 0.3 is 0 Å². The number of nitrogens with one attached hydrogen (secondary N) is 1. The number of anilines is 1. The molecule has 1 spiro atoms. The lowest BCUT2D eigenvalue weighted by Crippen LogP contribution is -2.59. The molecule has 0 aliphatic carbocycles. The van der Waals surface area contributed by atoms with E-state index in [0.29, 0.717) is 11.9 Å². The van der Waals surface area contributed by atoms with Gasteiger partial charge in [-0.3, -0.25) is 4.90 Å². The Morgan fingerprint density at radius 3 is 3.04 bits per heavy atom. The summed E-state index contributed by atoms with van der Waals surface area (Å²) in [6.07, 6.45) is 5.16. The van der Waals surface area contributed by atoms with Crippen molar-refractivity contribution in [3.8, 4) is 0 Å². The van der Waals surface area contributed by atoms with Crippen molar-refractivity contribution in [1.29, 1.82) is 0 Å². The molecule has 0 aromatic carbocycles. The van der Waals surface area contributed by atoms with Gasteiger partial charge in [-0.05, 0) is 43.8 Å². The summed E-state index contributed by atoms with van der Waals surface area (Å²) < 4.78 is 0. The Morgan fingerprint density at radius 2 is 2.26 bits per heavy atom. The van der Waals surface area contributed by atoms with E-state index in [1.807, 2.05) is 6.20 Å². The highest BCUT2D eigenvalue weighted by atomic mass is 32.1. The highest BCUT2D eigenvalue weighted by Crippen LogP contribution is 2.43. The molecular weight excluding hydrogens is 310 g/mol. The van der Waals surface area contributed by atoms with E-state index in [1.165, 1.54) is 31.5 Å². The van der Waals surface area contributed by atoms with E-state index in [-0.39, 0.29) is 5.60 Å². The van der Waals surface area contributed by atoms with Crippen molar-refractivity contribution in [3.05, 3.63) is 17.1 Å². The minimum atomic E-state index is -0.123. The highest BCUT2D eigenvalue weighted by Gasteiger charge is 2.52. The SMILES string of the molecule is Cc1csc2nc(NC3=NOC4(C3)CN3CCC4CC3)ncc12. The summed E-state index contributed by atoms with van der Waals surface area (Å²) in [7, 11) is 0. The van der Waals surface area contributed by atoms with Gasteiger partial charge in [0.15, 0.2) is 11.4 Å². The predicted molar refractivity (Wildman–Crippen MR) is 90.8 cm³/mol. The van der Waals surface area contributed by atoms with Crippen LogP contribution in [0, 0.1) is 12.8 Å². The van der Waals surface area contributed by atoms with Gasteiger partial charge in [-0.1, -0.05) is 5.16 Å². The molecule has 1 N–H and O–H groups in total. The summed E-state index contributed by atoms with van der Waals surface area (Å²) in [6, 6.07) is 0. The van der Waals surface area contributed by atoms with Crippen molar-refractivity contribution in [2.45, 2.75) is 31.8 Å². The fourth-order valence-corrected chi connectivity index (χ4v) is 5.01. The van der Waals surface area contributed by atoms with Crippen LogP contribution in [0.25, 0.3) is 10.2 Å². The van der Waals surface area contributed by atoms with Crippen LogP contribution in [0.5, 0.6) is 0 Å².